The Morgan fingerprint density at radius 2 is 2.11 bits per heavy atom. The van der Waals surface area contributed by atoms with Crippen molar-refractivity contribution in [3.8, 4) is 0 Å². The highest BCUT2D eigenvalue weighted by atomic mass is 16.2. The van der Waals surface area contributed by atoms with Gasteiger partial charge < -0.3 is 10.6 Å². The summed E-state index contributed by atoms with van der Waals surface area (Å²) in [6.07, 6.45) is 9.02. The van der Waals surface area contributed by atoms with Crippen molar-refractivity contribution >= 4 is 5.91 Å². The fraction of sp³-hybridized carbons (Fsp3) is 0.933. The normalized spacial score (nSPS) is 40.7. The average Bonchev–Trinajstić information content (AvgIpc) is 3.02. The van der Waals surface area contributed by atoms with Gasteiger partial charge in [0.05, 0.1) is 6.04 Å². The molecule has 3 nitrogen and oxygen atoms in total. The first-order valence-electron chi connectivity index (χ1n) is 7.78. The van der Waals surface area contributed by atoms with Crippen LogP contribution in [0.3, 0.4) is 0 Å². The van der Waals surface area contributed by atoms with Crippen molar-refractivity contribution < 1.29 is 4.79 Å². The van der Waals surface area contributed by atoms with E-state index in [4.69, 9.17) is 0 Å². The monoisotopic (exact) mass is 250 g/mol. The maximum absolute atomic E-state index is 12.2. The van der Waals surface area contributed by atoms with Gasteiger partial charge in [-0.25, -0.2) is 0 Å². The van der Waals surface area contributed by atoms with Crippen LogP contribution in [0.15, 0.2) is 0 Å². The van der Waals surface area contributed by atoms with E-state index in [1.807, 2.05) is 0 Å². The van der Waals surface area contributed by atoms with Crippen molar-refractivity contribution in [2.75, 3.05) is 6.54 Å². The van der Waals surface area contributed by atoms with E-state index in [1.165, 1.54) is 38.5 Å². The van der Waals surface area contributed by atoms with Crippen LogP contribution in [0.2, 0.25) is 0 Å². The van der Waals surface area contributed by atoms with Crippen LogP contribution in [0.25, 0.3) is 0 Å². The lowest BCUT2D eigenvalue weighted by molar-refractivity contribution is -0.124. The van der Waals surface area contributed by atoms with Crippen LogP contribution in [-0.2, 0) is 4.79 Å². The highest BCUT2D eigenvalue weighted by Crippen LogP contribution is 2.49. The van der Waals surface area contributed by atoms with E-state index in [1.54, 1.807) is 0 Å². The first kappa shape index (κ1) is 12.5. The minimum absolute atomic E-state index is 0.0693. The number of carbonyl (C=O) groups excluding carboxylic acids is 1. The Morgan fingerprint density at radius 1 is 1.22 bits per heavy atom. The van der Waals surface area contributed by atoms with Crippen molar-refractivity contribution in [1.29, 1.82) is 0 Å². The third kappa shape index (κ3) is 2.42. The van der Waals surface area contributed by atoms with Crippen molar-refractivity contribution in [3.63, 3.8) is 0 Å². The molecule has 102 valence electrons. The van der Waals surface area contributed by atoms with Gasteiger partial charge in [0.25, 0.3) is 0 Å². The van der Waals surface area contributed by atoms with Gasteiger partial charge in [-0.3, -0.25) is 4.79 Å². The van der Waals surface area contributed by atoms with Gasteiger partial charge >= 0.3 is 0 Å². The molecule has 2 saturated carbocycles. The standard InChI is InChI=1S/C15H26N2O/c1-10(13-9-11-5-6-12(13)8-11)17-15(18)14-4-2-3-7-16-14/h10-14,16H,2-9H2,1H3,(H,17,18). The third-order valence-electron chi connectivity index (χ3n) is 5.43. The van der Waals surface area contributed by atoms with Crippen molar-refractivity contribution in [2.24, 2.45) is 17.8 Å². The van der Waals surface area contributed by atoms with Crippen molar-refractivity contribution in [3.05, 3.63) is 0 Å². The lowest BCUT2D eigenvalue weighted by Crippen LogP contribution is -2.51. The van der Waals surface area contributed by atoms with Crippen molar-refractivity contribution in [1.82, 2.24) is 10.6 Å². The molecule has 5 unspecified atom stereocenters. The molecule has 1 amide bonds. The highest BCUT2D eigenvalue weighted by molar-refractivity contribution is 5.82. The summed E-state index contributed by atoms with van der Waals surface area (Å²) in [6.45, 7) is 3.21. The number of amides is 1. The van der Waals surface area contributed by atoms with Gasteiger partial charge in [-0.1, -0.05) is 12.8 Å². The number of carbonyl (C=O) groups is 1. The third-order valence-corrected chi connectivity index (χ3v) is 5.43. The molecule has 0 radical (unpaired) electrons. The SMILES string of the molecule is CC(NC(=O)C1CCCCN1)C1CC2CCC1C2. The first-order valence-corrected chi connectivity index (χ1v) is 7.78. The minimum Gasteiger partial charge on any atom is -0.352 e. The zero-order chi connectivity index (χ0) is 12.5. The Labute approximate surface area is 110 Å². The van der Waals surface area contributed by atoms with E-state index in [0.717, 1.165) is 30.7 Å². The molecule has 0 aromatic carbocycles. The number of fused-ring (bicyclic) bond motifs is 2. The Bertz CT molecular complexity index is 312. The Morgan fingerprint density at radius 3 is 2.72 bits per heavy atom. The molecule has 2 N–H and O–H groups in total. The van der Waals surface area contributed by atoms with Gasteiger partial charge in [0.1, 0.15) is 0 Å². The predicted molar refractivity (Wildman–Crippen MR) is 72.2 cm³/mol. The fourth-order valence-corrected chi connectivity index (χ4v) is 4.41. The number of hydrogen-bond donors (Lipinski definition) is 2. The van der Waals surface area contributed by atoms with Crippen LogP contribution < -0.4 is 10.6 Å². The minimum atomic E-state index is 0.0693. The Balaban J connectivity index is 1.51. The van der Waals surface area contributed by atoms with Gasteiger partial charge in [-0.15, -0.1) is 0 Å². The molecule has 0 aromatic rings. The fourth-order valence-electron chi connectivity index (χ4n) is 4.41. The van der Waals surface area contributed by atoms with E-state index in [9.17, 15) is 4.79 Å². The number of nitrogens with one attached hydrogen (secondary N) is 2. The van der Waals surface area contributed by atoms with E-state index in [-0.39, 0.29) is 11.9 Å². The summed E-state index contributed by atoms with van der Waals surface area (Å²) >= 11 is 0. The predicted octanol–water partition coefficient (Wildman–Crippen LogP) is 2.07. The molecule has 0 spiro atoms. The Hall–Kier alpha value is -0.570. The topological polar surface area (TPSA) is 41.1 Å². The summed E-state index contributed by atoms with van der Waals surface area (Å²) < 4.78 is 0. The van der Waals surface area contributed by atoms with Crippen molar-refractivity contribution in [2.45, 2.75) is 64.0 Å². The zero-order valence-corrected chi connectivity index (χ0v) is 11.5. The van der Waals surface area contributed by atoms with Crippen LogP contribution in [0, 0.1) is 17.8 Å². The number of hydrogen-bond acceptors (Lipinski definition) is 2. The summed E-state index contributed by atoms with van der Waals surface area (Å²) in [6, 6.07) is 0.441. The van der Waals surface area contributed by atoms with Crippen LogP contribution in [0.4, 0.5) is 0 Å². The first-order chi connectivity index (χ1) is 8.74. The largest absolute Gasteiger partial charge is 0.352 e. The van der Waals surface area contributed by atoms with E-state index in [0.29, 0.717) is 6.04 Å². The van der Waals surface area contributed by atoms with Gasteiger partial charge in [0.15, 0.2) is 0 Å². The quantitative estimate of drug-likeness (QED) is 0.805. The van der Waals surface area contributed by atoms with E-state index >= 15 is 0 Å². The zero-order valence-electron chi connectivity index (χ0n) is 11.5. The van der Waals surface area contributed by atoms with Gasteiger partial charge in [-0.2, -0.15) is 0 Å². The summed E-state index contributed by atoms with van der Waals surface area (Å²) in [5, 5.41) is 6.61. The van der Waals surface area contributed by atoms with Crippen LogP contribution in [-0.4, -0.2) is 24.5 Å². The molecule has 1 saturated heterocycles. The van der Waals surface area contributed by atoms with Crippen LogP contribution in [0.1, 0.15) is 51.9 Å². The molecular weight excluding hydrogens is 224 g/mol. The summed E-state index contributed by atoms with van der Waals surface area (Å²) in [5.74, 6) is 2.85. The second-order valence-electron chi connectivity index (χ2n) is 6.64. The lowest BCUT2D eigenvalue weighted by atomic mass is 9.84. The molecule has 3 fully saturated rings. The van der Waals surface area contributed by atoms with Gasteiger partial charge in [0.2, 0.25) is 5.91 Å². The molecule has 0 aromatic heterocycles. The summed E-state index contributed by atoms with van der Waals surface area (Å²) in [4.78, 5) is 12.2. The summed E-state index contributed by atoms with van der Waals surface area (Å²) in [7, 11) is 0. The lowest BCUT2D eigenvalue weighted by Gasteiger charge is -2.31. The van der Waals surface area contributed by atoms with Gasteiger partial charge in [-0.05, 0) is 63.3 Å². The summed E-state index contributed by atoms with van der Waals surface area (Å²) in [5.41, 5.74) is 0. The molecule has 2 bridgehead atoms. The average molecular weight is 250 g/mol. The molecule has 1 aliphatic heterocycles. The smallest absolute Gasteiger partial charge is 0.237 e. The number of piperidine rings is 1. The molecule has 1 heterocycles. The Kier molecular flexibility index (Phi) is 3.60. The molecule has 5 atom stereocenters. The molecule has 18 heavy (non-hydrogen) atoms. The number of rotatable bonds is 3. The van der Waals surface area contributed by atoms with Gasteiger partial charge in [0, 0.05) is 6.04 Å². The van der Waals surface area contributed by atoms with E-state index in [2.05, 4.69) is 17.6 Å². The van der Waals surface area contributed by atoms with E-state index < -0.39 is 0 Å². The second kappa shape index (κ2) is 5.20. The molecule has 3 heteroatoms. The highest BCUT2D eigenvalue weighted by Gasteiger charge is 2.42. The molecule has 3 rings (SSSR count). The van der Waals surface area contributed by atoms with Crippen LogP contribution >= 0.6 is 0 Å². The second-order valence-corrected chi connectivity index (χ2v) is 6.64. The molecule has 3 aliphatic rings. The maximum Gasteiger partial charge on any atom is 0.237 e. The van der Waals surface area contributed by atoms with Crippen LogP contribution in [0.5, 0.6) is 0 Å². The maximum atomic E-state index is 12.2. The molecule has 2 aliphatic carbocycles. The molecular formula is C15H26N2O.